The first kappa shape index (κ1) is 24.5. The van der Waals surface area contributed by atoms with Crippen molar-refractivity contribution in [1.82, 2.24) is 10.6 Å². The summed E-state index contributed by atoms with van der Waals surface area (Å²) in [6.07, 6.45) is 0.464. The topological polar surface area (TPSA) is 93.7 Å². The second-order valence-electron chi connectivity index (χ2n) is 8.17. The van der Waals surface area contributed by atoms with Crippen LogP contribution < -0.4 is 10.6 Å². The van der Waals surface area contributed by atoms with Crippen LogP contribution in [0.3, 0.4) is 0 Å². The minimum Gasteiger partial charge on any atom is -0.506 e. The highest BCUT2D eigenvalue weighted by molar-refractivity contribution is 6.51. The number of carbonyl (C=O) groups is 3. The molecule has 0 spiro atoms. The lowest BCUT2D eigenvalue weighted by Crippen LogP contribution is -2.50. The Hall–Kier alpha value is -1.77. The predicted octanol–water partition coefficient (Wildman–Crippen LogP) is 3.27. The van der Waals surface area contributed by atoms with E-state index < -0.39 is 36.9 Å². The van der Waals surface area contributed by atoms with E-state index in [0.717, 1.165) is 0 Å². The first-order chi connectivity index (χ1) is 14.1. The van der Waals surface area contributed by atoms with Gasteiger partial charge in [0.15, 0.2) is 0 Å². The molecule has 2 atom stereocenters. The number of nitrogens with one attached hydrogen (secondary N) is 2. The van der Waals surface area contributed by atoms with Crippen molar-refractivity contribution in [2.75, 3.05) is 6.54 Å². The van der Waals surface area contributed by atoms with Crippen LogP contribution in [0.5, 0.6) is 0 Å². The second-order valence-corrected chi connectivity index (χ2v) is 9.01. The van der Waals surface area contributed by atoms with E-state index >= 15 is 0 Å². The Balaban J connectivity index is 1.96. The summed E-state index contributed by atoms with van der Waals surface area (Å²) in [5.74, 6) is -1.39. The van der Waals surface area contributed by atoms with E-state index in [2.05, 4.69) is 10.6 Å². The number of hydrogen-bond donors (Lipinski definition) is 2. The van der Waals surface area contributed by atoms with Gasteiger partial charge in [-0.15, -0.1) is 0 Å². The molecule has 0 aromatic heterocycles. The zero-order chi connectivity index (χ0) is 22.4. The lowest BCUT2D eigenvalue weighted by Gasteiger charge is -2.21. The number of carbonyl (C=O) groups excluding carboxylic acids is 3. The van der Waals surface area contributed by atoms with E-state index in [9.17, 15) is 14.4 Å². The molecule has 0 radical (unpaired) electrons. The molecular formula is C20H27BCl2N2O5. The van der Waals surface area contributed by atoms with Gasteiger partial charge in [-0.3, -0.25) is 14.4 Å². The fourth-order valence-corrected chi connectivity index (χ4v) is 3.50. The molecule has 0 saturated carbocycles. The van der Waals surface area contributed by atoms with Gasteiger partial charge in [0.2, 0.25) is 5.91 Å². The van der Waals surface area contributed by atoms with Crippen LogP contribution in [0, 0.1) is 11.8 Å². The van der Waals surface area contributed by atoms with Crippen LogP contribution in [0.15, 0.2) is 18.2 Å². The van der Waals surface area contributed by atoms with Gasteiger partial charge < -0.3 is 19.9 Å². The Morgan fingerprint density at radius 3 is 2.50 bits per heavy atom. The van der Waals surface area contributed by atoms with E-state index in [0.29, 0.717) is 17.9 Å². The van der Waals surface area contributed by atoms with Gasteiger partial charge in [0, 0.05) is 5.02 Å². The van der Waals surface area contributed by atoms with E-state index in [1.165, 1.54) is 12.1 Å². The number of rotatable bonds is 9. The van der Waals surface area contributed by atoms with Gasteiger partial charge in [0.05, 0.1) is 23.1 Å². The highest BCUT2D eigenvalue weighted by Crippen LogP contribution is 2.22. The Morgan fingerprint density at radius 2 is 1.87 bits per heavy atom. The normalized spacial score (nSPS) is 17.3. The van der Waals surface area contributed by atoms with Gasteiger partial charge in [-0.2, -0.15) is 0 Å². The fraction of sp³-hybridized carbons (Fsp3) is 0.550. The molecule has 0 aliphatic carbocycles. The fourth-order valence-electron chi connectivity index (χ4n) is 3.12. The second kappa shape index (κ2) is 11.0. The monoisotopic (exact) mass is 456 g/mol. The van der Waals surface area contributed by atoms with Crippen molar-refractivity contribution in [2.45, 2.75) is 52.6 Å². The van der Waals surface area contributed by atoms with Gasteiger partial charge in [0.25, 0.3) is 5.91 Å². The predicted molar refractivity (Wildman–Crippen MR) is 116 cm³/mol. The number of amides is 2. The maximum atomic E-state index is 12.4. The third kappa shape index (κ3) is 7.18. The van der Waals surface area contributed by atoms with E-state index in [1.807, 2.05) is 27.7 Å². The van der Waals surface area contributed by atoms with Crippen LogP contribution in [0.2, 0.25) is 10.0 Å². The molecule has 2 amide bonds. The minimum absolute atomic E-state index is 0.181. The summed E-state index contributed by atoms with van der Waals surface area (Å²) in [6, 6.07) is 4.51. The van der Waals surface area contributed by atoms with Gasteiger partial charge in [-0.1, -0.05) is 50.9 Å². The average molecular weight is 457 g/mol. The molecule has 1 aliphatic rings. The van der Waals surface area contributed by atoms with Gasteiger partial charge in [-0.05, 0) is 42.9 Å². The molecule has 30 heavy (non-hydrogen) atoms. The maximum Gasteiger partial charge on any atom is 0.552 e. The van der Waals surface area contributed by atoms with Gasteiger partial charge >= 0.3 is 13.1 Å². The first-order valence-electron chi connectivity index (χ1n) is 9.95. The van der Waals surface area contributed by atoms with Crippen LogP contribution in [-0.4, -0.2) is 43.5 Å². The van der Waals surface area contributed by atoms with E-state index in [-0.39, 0.29) is 29.0 Å². The van der Waals surface area contributed by atoms with Crippen LogP contribution in [0.4, 0.5) is 0 Å². The zero-order valence-electron chi connectivity index (χ0n) is 17.5. The highest BCUT2D eigenvalue weighted by atomic mass is 35.5. The summed E-state index contributed by atoms with van der Waals surface area (Å²) in [5.41, 5.74) is 0.181. The summed E-state index contributed by atoms with van der Waals surface area (Å²) < 4.78 is 11.1. The summed E-state index contributed by atoms with van der Waals surface area (Å²) in [5, 5.41) is 5.92. The van der Waals surface area contributed by atoms with Crippen molar-refractivity contribution in [1.29, 1.82) is 0 Å². The van der Waals surface area contributed by atoms with E-state index in [4.69, 9.17) is 32.5 Å². The summed E-state index contributed by atoms with van der Waals surface area (Å²) >= 11 is 11.9. The molecule has 164 valence electrons. The van der Waals surface area contributed by atoms with Crippen molar-refractivity contribution in [3.05, 3.63) is 33.8 Å². The minimum atomic E-state index is -0.856. The smallest absolute Gasteiger partial charge is 0.506 e. The largest absolute Gasteiger partial charge is 0.552 e. The third-order valence-electron chi connectivity index (χ3n) is 4.46. The number of halogens is 2. The highest BCUT2D eigenvalue weighted by Gasteiger charge is 2.46. The van der Waals surface area contributed by atoms with Crippen molar-refractivity contribution >= 4 is 48.1 Å². The molecule has 1 aliphatic heterocycles. The quantitative estimate of drug-likeness (QED) is 0.556. The van der Waals surface area contributed by atoms with Crippen LogP contribution in [0.25, 0.3) is 0 Å². The van der Waals surface area contributed by atoms with Gasteiger partial charge in [-0.25, -0.2) is 0 Å². The molecule has 2 rings (SSSR count). The van der Waals surface area contributed by atoms with Crippen LogP contribution in [-0.2, 0) is 18.9 Å². The SMILES string of the molecule is CC(C)CC(NC(=O)CNC(=O)c1cc(Cl)ccc1Cl)B1OC(=O)[C@H](CC(C)C)O1. The molecule has 1 aromatic carbocycles. The zero-order valence-corrected chi connectivity index (χ0v) is 19.0. The molecule has 1 saturated heterocycles. The van der Waals surface area contributed by atoms with Crippen molar-refractivity contribution in [3.63, 3.8) is 0 Å². The van der Waals surface area contributed by atoms with Gasteiger partial charge in [0.1, 0.15) is 6.10 Å². The third-order valence-corrected chi connectivity index (χ3v) is 5.03. The lowest BCUT2D eigenvalue weighted by atomic mass is 9.74. The van der Waals surface area contributed by atoms with Crippen molar-refractivity contribution in [3.8, 4) is 0 Å². The van der Waals surface area contributed by atoms with Crippen LogP contribution >= 0.6 is 23.2 Å². The molecule has 2 N–H and O–H groups in total. The summed E-state index contributed by atoms with van der Waals surface area (Å²) in [7, 11) is -0.856. The molecule has 10 heteroatoms. The Morgan fingerprint density at radius 1 is 1.17 bits per heavy atom. The molecule has 1 aromatic rings. The Kier molecular flexibility index (Phi) is 9.00. The molecule has 1 fully saturated rings. The van der Waals surface area contributed by atoms with Crippen molar-refractivity contribution in [2.24, 2.45) is 11.8 Å². The molecular weight excluding hydrogens is 430 g/mol. The maximum absolute atomic E-state index is 12.4. The van der Waals surface area contributed by atoms with Crippen molar-refractivity contribution < 1.29 is 23.7 Å². The summed E-state index contributed by atoms with van der Waals surface area (Å²) in [4.78, 5) is 36.8. The lowest BCUT2D eigenvalue weighted by molar-refractivity contribution is -0.136. The summed E-state index contributed by atoms with van der Waals surface area (Å²) in [6.45, 7) is 7.69. The van der Waals surface area contributed by atoms with Crippen LogP contribution in [0.1, 0.15) is 50.9 Å². The Labute approximate surface area is 187 Å². The molecule has 7 nitrogen and oxygen atoms in total. The number of hydrogen-bond acceptors (Lipinski definition) is 5. The molecule has 1 heterocycles. The first-order valence-corrected chi connectivity index (χ1v) is 10.7. The number of benzene rings is 1. The molecule has 1 unspecified atom stereocenters. The Bertz CT molecular complexity index is 790. The average Bonchev–Trinajstić information content (AvgIpc) is 3.00. The standard InChI is InChI=1S/C20H27BCl2N2O5/c1-11(2)7-16-20(28)30-21(29-16)17(8-12(3)4)25-18(26)10-24-19(27)14-9-13(22)5-6-15(14)23/h5-6,9,11-12,16-17H,7-8,10H2,1-4H3,(H,24,27)(H,25,26)/t16-,17?/m0/s1. The van der Waals surface area contributed by atoms with E-state index in [1.54, 1.807) is 6.07 Å². The molecule has 0 bridgehead atoms.